The summed E-state index contributed by atoms with van der Waals surface area (Å²) < 4.78 is 6.85. The van der Waals surface area contributed by atoms with Gasteiger partial charge in [-0.05, 0) is 43.1 Å². The molecule has 2 heterocycles. The van der Waals surface area contributed by atoms with Gasteiger partial charge in [-0.25, -0.2) is 0 Å². The van der Waals surface area contributed by atoms with Crippen LogP contribution in [0.3, 0.4) is 0 Å². The molecule has 0 N–H and O–H groups in total. The SMILES string of the molecule is CCCC1C[C@@]2(c3ccccc3)O[C@@H]1CC(CCC)[C@@H]2C(=O)c1ccccc1. The van der Waals surface area contributed by atoms with Gasteiger partial charge in [0.1, 0.15) is 5.60 Å². The van der Waals surface area contributed by atoms with E-state index in [0.717, 1.165) is 31.2 Å². The third-order valence-corrected chi connectivity index (χ3v) is 6.88. The first kappa shape index (κ1) is 19.4. The molecule has 0 amide bonds. The fourth-order valence-electron chi connectivity index (χ4n) is 5.80. The molecule has 2 saturated heterocycles. The number of benzene rings is 2. The molecule has 5 atom stereocenters. The van der Waals surface area contributed by atoms with Gasteiger partial charge in [0.2, 0.25) is 0 Å². The van der Waals surface area contributed by atoms with Crippen LogP contribution in [0.25, 0.3) is 0 Å². The Hall–Kier alpha value is -1.93. The molecular formula is C26H32O2. The number of fused-ring (bicyclic) bond motifs is 2. The Morgan fingerprint density at radius 1 is 0.929 bits per heavy atom. The molecule has 148 valence electrons. The monoisotopic (exact) mass is 376 g/mol. The molecule has 0 spiro atoms. The molecule has 0 saturated carbocycles. The van der Waals surface area contributed by atoms with E-state index in [0.29, 0.717) is 11.8 Å². The highest BCUT2D eigenvalue weighted by molar-refractivity contribution is 5.99. The van der Waals surface area contributed by atoms with Crippen molar-refractivity contribution in [3.8, 4) is 0 Å². The lowest BCUT2D eigenvalue weighted by Gasteiger charge is -2.45. The lowest BCUT2D eigenvalue weighted by atomic mass is 9.67. The smallest absolute Gasteiger partial charge is 0.169 e. The van der Waals surface area contributed by atoms with Gasteiger partial charge in [-0.15, -0.1) is 0 Å². The molecule has 2 aliphatic rings. The van der Waals surface area contributed by atoms with E-state index in [2.05, 4.69) is 44.2 Å². The molecule has 2 unspecified atom stereocenters. The van der Waals surface area contributed by atoms with Crippen LogP contribution < -0.4 is 0 Å². The lowest BCUT2D eigenvalue weighted by Crippen LogP contribution is -2.48. The summed E-state index contributed by atoms with van der Waals surface area (Å²) in [4.78, 5) is 13.8. The molecule has 0 radical (unpaired) electrons. The number of Topliss-reactive ketones (excluding diaryl/α,β-unsaturated/α-hetero) is 1. The van der Waals surface area contributed by atoms with Gasteiger partial charge in [0.05, 0.1) is 12.0 Å². The molecule has 0 aliphatic carbocycles. The summed E-state index contributed by atoms with van der Waals surface area (Å²) in [7, 11) is 0. The minimum absolute atomic E-state index is 0.102. The van der Waals surface area contributed by atoms with E-state index in [1.54, 1.807) is 0 Å². The summed E-state index contributed by atoms with van der Waals surface area (Å²) in [5.74, 6) is 1.10. The fourth-order valence-corrected chi connectivity index (χ4v) is 5.80. The van der Waals surface area contributed by atoms with Crippen LogP contribution in [0, 0.1) is 17.8 Å². The molecule has 2 fully saturated rings. The van der Waals surface area contributed by atoms with E-state index in [1.165, 1.54) is 18.4 Å². The topological polar surface area (TPSA) is 26.3 Å². The second-order valence-corrected chi connectivity index (χ2v) is 8.66. The van der Waals surface area contributed by atoms with E-state index in [-0.39, 0.29) is 17.8 Å². The Morgan fingerprint density at radius 2 is 1.54 bits per heavy atom. The number of hydrogen-bond acceptors (Lipinski definition) is 2. The Bertz CT molecular complexity index is 785. The number of ketones is 1. The fraction of sp³-hybridized carbons (Fsp3) is 0.500. The molecule has 2 nitrogen and oxygen atoms in total. The highest BCUT2D eigenvalue weighted by atomic mass is 16.5. The maximum absolute atomic E-state index is 13.8. The number of carbonyl (C=O) groups excluding carboxylic acids is 1. The Balaban J connectivity index is 1.82. The largest absolute Gasteiger partial charge is 0.366 e. The Morgan fingerprint density at radius 3 is 2.18 bits per heavy atom. The van der Waals surface area contributed by atoms with Gasteiger partial charge in [0.15, 0.2) is 5.78 Å². The van der Waals surface area contributed by atoms with Gasteiger partial charge in [0.25, 0.3) is 0 Å². The summed E-state index contributed by atoms with van der Waals surface area (Å²) >= 11 is 0. The zero-order valence-electron chi connectivity index (χ0n) is 17.1. The third-order valence-electron chi connectivity index (χ3n) is 6.88. The lowest BCUT2D eigenvalue weighted by molar-refractivity contribution is -0.136. The molecule has 2 aromatic carbocycles. The zero-order valence-corrected chi connectivity index (χ0v) is 17.1. The van der Waals surface area contributed by atoms with E-state index in [1.807, 2.05) is 30.3 Å². The van der Waals surface area contributed by atoms with E-state index in [4.69, 9.17) is 4.74 Å². The van der Waals surface area contributed by atoms with Crippen LogP contribution >= 0.6 is 0 Å². The summed E-state index contributed by atoms with van der Waals surface area (Å²) in [5, 5.41) is 0. The molecule has 2 aliphatic heterocycles. The summed E-state index contributed by atoms with van der Waals surface area (Å²) in [6.45, 7) is 4.49. The standard InChI is InChI=1S/C26H32O2/c1-3-11-20-17-23-21(12-4-2)18-26(28-23,22-15-9-6-10-16-22)24(20)25(27)19-13-7-5-8-14-19/h5-10,13-16,20-21,23-24H,3-4,11-12,17-18H2,1-2H3/t20?,21?,23-,24-,26+/m1/s1. The Kier molecular flexibility index (Phi) is 5.68. The highest BCUT2D eigenvalue weighted by Gasteiger charge is 2.60. The second-order valence-electron chi connectivity index (χ2n) is 8.66. The second kappa shape index (κ2) is 8.21. The van der Waals surface area contributed by atoms with Crippen LogP contribution in [0.15, 0.2) is 60.7 Å². The van der Waals surface area contributed by atoms with Crippen molar-refractivity contribution < 1.29 is 9.53 Å². The zero-order chi connectivity index (χ0) is 19.6. The third kappa shape index (κ3) is 3.33. The maximum Gasteiger partial charge on any atom is 0.169 e. The molecule has 0 aromatic heterocycles. The van der Waals surface area contributed by atoms with E-state index in [9.17, 15) is 4.79 Å². The van der Waals surface area contributed by atoms with Crippen molar-refractivity contribution in [1.82, 2.24) is 0 Å². The highest BCUT2D eigenvalue weighted by Crippen LogP contribution is 2.58. The van der Waals surface area contributed by atoms with Gasteiger partial charge in [-0.1, -0.05) is 87.4 Å². The van der Waals surface area contributed by atoms with Crippen LogP contribution in [-0.4, -0.2) is 11.9 Å². The van der Waals surface area contributed by atoms with Crippen molar-refractivity contribution in [3.05, 3.63) is 71.8 Å². The minimum atomic E-state index is -0.475. The van der Waals surface area contributed by atoms with Gasteiger partial charge in [-0.3, -0.25) is 4.79 Å². The van der Waals surface area contributed by atoms with Gasteiger partial charge in [-0.2, -0.15) is 0 Å². The van der Waals surface area contributed by atoms with Gasteiger partial charge in [0, 0.05) is 5.56 Å². The number of ether oxygens (including phenoxy) is 1. The minimum Gasteiger partial charge on any atom is -0.366 e. The number of rotatable bonds is 7. The predicted octanol–water partition coefficient (Wildman–Crippen LogP) is 6.41. The van der Waals surface area contributed by atoms with E-state index >= 15 is 0 Å². The van der Waals surface area contributed by atoms with Gasteiger partial charge < -0.3 is 4.74 Å². The quantitative estimate of drug-likeness (QED) is 0.522. The van der Waals surface area contributed by atoms with Crippen molar-refractivity contribution >= 4 is 5.78 Å². The summed E-state index contributed by atoms with van der Waals surface area (Å²) in [5.41, 5.74) is 1.54. The number of hydrogen-bond donors (Lipinski definition) is 0. The van der Waals surface area contributed by atoms with Crippen molar-refractivity contribution in [2.75, 3.05) is 0 Å². The van der Waals surface area contributed by atoms with Crippen LogP contribution in [0.1, 0.15) is 68.3 Å². The first-order valence-electron chi connectivity index (χ1n) is 11.0. The van der Waals surface area contributed by atoms with Crippen molar-refractivity contribution in [2.24, 2.45) is 17.8 Å². The first-order valence-corrected chi connectivity index (χ1v) is 11.0. The average Bonchev–Trinajstić information content (AvgIpc) is 3.03. The van der Waals surface area contributed by atoms with Crippen molar-refractivity contribution in [2.45, 2.75) is 64.1 Å². The van der Waals surface area contributed by atoms with E-state index < -0.39 is 5.60 Å². The molecule has 2 bridgehead atoms. The molecule has 28 heavy (non-hydrogen) atoms. The van der Waals surface area contributed by atoms with Crippen LogP contribution in [0.5, 0.6) is 0 Å². The van der Waals surface area contributed by atoms with Crippen LogP contribution in [0.4, 0.5) is 0 Å². The predicted molar refractivity (Wildman–Crippen MR) is 113 cm³/mol. The first-order chi connectivity index (χ1) is 13.7. The average molecular weight is 377 g/mol. The number of carbonyl (C=O) groups is 1. The van der Waals surface area contributed by atoms with Crippen LogP contribution in [0.2, 0.25) is 0 Å². The molecule has 4 rings (SSSR count). The van der Waals surface area contributed by atoms with Crippen LogP contribution in [-0.2, 0) is 10.3 Å². The van der Waals surface area contributed by atoms with Crippen molar-refractivity contribution in [1.29, 1.82) is 0 Å². The molecule has 2 heteroatoms. The Labute approximate surface area is 169 Å². The summed E-state index contributed by atoms with van der Waals surface area (Å²) in [6.07, 6.45) is 6.84. The van der Waals surface area contributed by atoms with Gasteiger partial charge >= 0.3 is 0 Å². The molecular weight excluding hydrogens is 344 g/mol. The van der Waals surface area contributed by atoms with Crippen molar-refractivity contribution in [3.63, 3.8) is 0 Å². The molecule has 2 aromatic rings. The normalized spacial score (nSPS) is 31.6. The maximum atomic E-state index is 13.8. The summed E-state index contributed by atoms with van der Waals surface area (Å²) in [6, 6.07) is 20.4.